The highest BCUT2D eigenvalue weighted by Crippen LogP contribution is 2.36. The summed E-state index contributed by atoms with van der Waals surface area (Å²) in [5.41, 5.74) is 0. The number of rotatable bonds is 14. The summed E-state index contributed by atoms with van der Waals surface area (Å²) < 4.78 is 58.8. The van der Waals surface area contributed by atoms with Crippen molar-refractivity contribution in [2.75, 3.05) is 19.8 Å². The standard InChI is InChI=1S/C35H61NO23/c1-6-7-50-35-30(29(19(42)12(4)53-35)58-33-25(48)23(46)20(43)14(8-37)55-33)59-31-16(36-13(5)39)27(21(44)15(9-38)54-31)56-34-26(49)28(18(41)11(3)52-34)57-32-24(47)22(45)17(40)10(2)51-32/h10-12,14-35,37-38,40-49H,6-9H2,1-5H3,(H,36,39)/t10?,11?,12?,14?,15?,16?,17-,18-,19-,20+,21+,22?,23?,24-,25?,26-,27+,28?,29?,30-,31-,32-,33+,34-,35+/m0/s1. The largest absolute Gasteiger partial charge is 0.394 e. The zero-order chi connectivity index (χ0) is 43.6. The second kappa shape index (κ2) is 20.8. The molecule has 0 aliphatic carbocycles. The molecule has 0 spiro atoms. The van der Waals surface area contributed by atoms with Crippen molar-refractivity contribution in [3.8, 4) is 0 Å². The SMILES string of the molecule is CCCO[C@@H]1OC(C)[C@H](O)C(O[C@H]2OC(CO)[C@@H](O)C(O)C2O)[C@@H]1O[C@@H]1OC(CO)[C@@H](O)[C@H](O[C@@H]2OC(C)[C@H](O)C(O[C@@H]3OC(C)[C@H](O)C(O)[C@@H]3O)[C@@H]2O)C1NC(C)=O. The monoisotopic (exact) mass is 863 g/mol. The fraction of sp³-hybridized carbons (Fsp3) is 0.971. The molecule has 344 valence electrons. The highest BCUT2D eigenvalue weighted by Gasteiger charge is 2.57. The van der Waals surface area contributed by atoms with Crippen molar-refractivity contribution in [1.82, 2.24) is 5.32 Å². The molecule has 0 aromatic carbocycles. The van der Waals surface area contributed by atoms with Gasteiger partial charge in [-0.3, -0.25) is 4.79 Å². The molecule has 59 heavy (non-hydrogen) atoms. The van der Waals surface area contributed by atoms with Crippen LogP contribution >= 0.6 is 0 Å². The van der Waals surface area contributed by atoms with Gasteiger partial charge >= 0.3 is 0 Å². The van der Waals surface area contributed by atoms with Gasteiger partial charge in [-0.25, -0.2) is 0 Å². The van der Waals surface area contributed by atoms with E-state index in [4.69, 9.17) is 47.4 Å². The molecule has 11 unspecified atom stereocenters. The van der Waals surface area contributed by atoms with Crippen molar-refractivity contribution < 1.29 is 113 Å². The minimum Gasteiger partial charge on any atom is -0.394 e. The van der Waals surface area contributed by atoms with Crippen LogP contribution in [0.4, 0.5) is 0 Å². The van der Waals surface area contributed by atoms with Crippen molar-refractivity contribution in [1.29, 1.82) is 0 Å². The third kappa shape index (κ3) is 10.5. The van der Waals surface area contributed by atoms with E-state index in [2.05, 4.69) is 5.32 Å². The van der Waals surface area contributed by atoms with Crippen LogP contribution < -0.4 is 5.32 Å². The summed E-state index contributed by atoms with van der Waals surface area (Å²) in [5, 5.41) is 131. The fourth-order valence-electron chi connectivity index (χ4n) is 7.58. The first-order valence-electron chi connectivity index (χ1n) is 19.6. The Labute approximate surface area is 338 Å². The molecule has 5 aliphatic rings. The summed E-state index contributed by atoms with van der Waals surface area (Å²) in [4.78, 5) is 12.7. The van der Waals surface area contributed by atoms with E-state index >= 15 is 0 Å². The topological polar surface area (TPSA) is 364 Å². The Bertz CT molecular complexity index is 1320. The van der Waals surface area contributed by atoms with Crippen molar-refractivity contribution in [3.63, 3.8) is 0 Å². The first-order valence-corrected chi connectivity index (χ1v) is 19.6. The van der Waals surface area contributed by atoms with Crippen molar-refractivity contribution in [2.45, 2.75) is 195 Å². The second-order valence-corrected chi connectivity index (χ2v) is 15.5. The fourth-order valence-corrected chi connectivity index (χ4v) is 7.58. The maximum absolute atomic E-state index is 12.7. The molecule has 0 radical (unpaired) electrons. The van der Waals surface area contributed by atoms with E-state index in [1.807, 2.05) is 0 Å². The molecule has 5 fully saturated rings. The van der Waals surface area contributed by atoms with E-state index in [-0.39, 0.29) is 6.61 Å². The van der Waals surface area contributed by atoms with Crippen LogP contribution in [0.15, 0.2) is 0 Å². The summed E-state index contributed by atoms with van der Waals surface area (Å²) in [6, 6.07) is -1.56. The molecule has 5 aliphatic heterocycles. The number of amides is 1. The lowest BCUT2D eigenvalue weighted by molar-refractivity contribution is -0.391. The van der Waals surface area contributed by atoms with E-state index in [9.17, 15) is 66.1 Å². The predicted molar refractivity (Wildman–Crippen MR) is 188 cm³/mol. The summed E-state index contributed by atoms with van der Waals surface area (Å²) in [7, 11) is 0. The Morgan fingerprint density at radius 1 is 0.492 bits per heavy atom. The van der Waals surface area contributed by atoms with Crippen LogP contribution in [0.2, 0.25) is 0 Å². The average molecular weight is 864 g/mol. The number of nitrogens with one attached hydrogen (secondary N) is 1. The van der Waals surface area contributed by atoms with E-state index in [1.165, 1.54) is 20.8 Å². The van der Waals surface area contributed by atoms with Crippen LogP contribution in [-0.2, 0) is 52.2 Å². The molecule has 5 rings (SSSR count). The minimum absolute atomic E-state index is 0.0794. The third-order valence-electron chi connectivity index (χ3n) is 11.1. The summed E-state index contributed by atoms with van der Waals surface area (Å²) in [6.45, 7) is 5.59. The lowest BCUT2D eigenvalue weighted by atomic mass is 9.94. The van der Waals surface area contributed by atoms with Gasteiger partial charge in [0, 0.05) is 13.5 Å². The van der Waals surface area contributed by atoms with Crippen molar-refractivity contribution in [2.24, 2.45) is 0 Å². The Morgan fingerprint density at radius 2 is 0.932 bits per heavy atom. The van der Waals surface area contributed by atoms with E-state index in [1.54, 1.807) is 6.92 Å². The maximum Gasteiger partial charge on any atom is 0.217 e. The lowest BCUT2D eigenvalue weighted by Crippen LogP contribution is -2.70. The third-order valence-corrected chi connectivity index (χ3v) is 11.1. The van der Waals surface area contributed by atoms with Crippen LogP contribution in [0, 0.1) is 0 Å². The minimum atomic E-state index is -1.93. The van der Waals surface area contributed by atoms with E-state index in [0.717, 1.165) is 6.92 Å². The summed E-state index contributed by atoms with van der Waals surface area (Å²) in [5.74, 6) is -0.717. The van der Waals surface area contributed by atoms with Gasteiger partial charge in [0.1, 0.15) is 104 Å². The Kier molecular flexibility index (Phi) is 17.2. The Morgan fingerprint density at radius 3 is 1.51 bits per heavy atom. The molecule has 1 amide bonds. The van der Waals surface area contributed by atoms with Crippen LogP contribution in [0.25, 0.3) is 0 Å². The van der Waals surface area contributed by atoms with Crippen LogP contribution in [-0.4, -0.2) is 240 Å². The first kappa shape index (κ1) is 48.6. The van der Waals surface area contributed by atoms with Crippen molar-refractivity contribution in [3.05, 3.63) is 0 Å². The number of aliphatic hydroxyl groups is 12. The molecule has 25 atom stereocenters. The summed E-state index contributed by atoms with van der Waals surface area (Å²) >= 11 is 0. The zero-order valence-electron chi connectivity index (χ0n) is 33.1. The molecular weight excluding hydrogens is 802 g/mol. The van der Waals surface area contributed by atoms with Crippen molar-refractivity contribution >= 4 is 5.91 Å². The molecular formula is C35H61NO23. The molecule has 0 saturated carbocycles. The van der Waals surface area contributed by atoms with Gasteiger partial charge in [-0.05, 0) is 27.2 Å². The highest BCUT2D eigenvalue weighted by molar-refractivity contribution is 5.73. The van der Waals surface area contributed by atoms with Gasteiger partial charge in [0.05, 0.1) is 31.5 Å². The van der Waals surface area contributed by atoms with Crippen LogP contribution in [0.1, 0.15) is 41.0 Å². The molecule has 5 heterocycles. The van der Waals surface area contributed by atoms with Crippen LogP contribution in [0.3, 0.4) is 0 Å². The van der Waals surface area contributed by atoms with E-state index in [0.29, 0.717) is 6.42 Å². The molecule has 24 heteroatoms. The Balaban J connectivity index is 1.44. The molecule has 5 saturated heterocycles. The smallest absolute Gasteiger partial charge is 0.217 e. The number of aliphatic hydroxyl groups excluding tert-OH is 12. The predicted octanol–water partition coefficient (Wildman–Crippen LogP) is -7.26. The van der Waals surface area contributed by atoms with Gasteiger partial charge in [-0.2, -0.15) is 0 Å². The second-order valence-electron chi connectivity index (χ2n) is 15.5. The zero-order valence-corrected chi connectivity index (χ0v) is 33.1. The van der Waals surface area contributed by atoms with Gasteiger partial charge < -0.3 is 114 Å². The molecule has 0 bridgehead atoms. The van der Waals surface area contributed by atoms with Gasteiger partial charge in [0.15, 0.2) is 31.5 Å². The molecule has 13 N–H and O–H groups in total. The number of carbonyl (C=O) groups excluding carboxylic acids is 1. The van der Waals surface area contributed by atoms with Gasteiger partial charge in [0.25, 0.3) is 0 Å². The number of hydrogen-bond acceptors (Lipinski definition) is 23. The normalized spacial score (nSPS) is 51.0. The summed E-state index contributed by atoms with van der Waals surface area (Å²) in [6.07, 6.45) is -37.9. The molecule has 0 aromatic heterocycles. The molecule has 0 aromatic rings. The average Bonchev–Trinajstić information content (AvgIpc) is 3.20. The first-order chi connectivity index (χ1) is 27.8. The Hall–Kier alpha value is -1.41. The molecule has 24 nitrogen and oxygen atoms in total. The van der Waals surface area contributed by atoms with E-state index < -0.39 is 173 Å². The van der Waals surface area contributed by atoms with Gasteiger partial charge in [-0.15, -0.1) is 0 Å². The number of hydrogen-bond donors (Lipinski definition) is 13. The maximum atomic E-state index is 12.7. The van der Waals surface area contributed by atoms with Crippen LogP contribution in [0.5, 0.6) is 0 Å². The van der Waals surface area contributed by atoms with Gasteiger partial charge in [0.2, 0.25) is 5.91 Å². The quantitative estimate of drug-likeness (QED) is 0.0771. The number of ether oxygens (including phenoxy) is 10. The number of carbonyl (C=O) groups is 1. The lowest BCUT2D eigenvalue weighted by Gasteiger charge is -2.51. The van der Waals surface area contributed by atoms with Gasteiger partial charge in [-0.1, -0.05) is 6.92 Å². The highest BCUT2D eigenvalue weighted by atomic mass is 16.8.